The van der Waals surface area contributed by atoms with E-state index < -0.39 is 4.92 Å². The number of non-ortho nitro benzene ring substituents is 1. The Morgan fingerprint density at radius 3 is 2.59 bits per heavy atom. The molecule has 142 valence electrons. The number of hydrogen-bond acceptors (Lipinski definition) is 5. The predicted octanol–water partition coefficient (Wildman–Crippen LogP) is 3.32. The minimum atomic E-state index is -0.468. The second-order valence-corrected chi connectivity index (χ2v) is 6.98. The number of amides is 1. The van der Waals surface area contributed by atoms with Crippen molar-refractivity contribution in [1.29, 1.82) is 0 Å². The van der Waals surface area contributed by atoms with Gasteiger partial charge >= 0.3 is 0 Å². The van der Waals surface area contributed by atoms with Gasteiger partial charge in [-0.05, 0) is 30.7 Å². The molecular weight excluding hydrogens is 368 g/mol. The molecule has 1 N–H and O–H groups in total. The molecule has 0 aliphatic carbocycles. The molecule has 1 heterocycles. The maximum atomic E-state index is 12.4. The third-order valence-corrected chi connectivity index (χ3v) is 4.85. The number of nitrogens with one attached hydrogen (secondary N) is 1. The van der Waals surface area contributed by atoms with Crippen molar-refractivity contribution in [2.45, 2.75) is 6.92 Å². The van der Waals surface area contributed by atoms with Gasteiger partial charge in [-0.25, -0.2) is 0 Å². The lowest BCUT2D eigenvalue weighted by molar-refractivity contribution is -0.384. The molecule has 0 saturated carbocycles. The third-order valence-electron chi connectivity index (χ3n) is 4.62. The molecule has 1 amide bonds. The summed E-state index contributed by atoms with van der Waals surface area (Å²) in [5.41, 5.74) is 2.32. The molecule has 7 nitrogen and oxygen atoms in total. The van der Waals surface area contributed by atoms with Crippen molar-refractivity contribution in [2.24, 2.45) is 0 Å². The Kier molecular flexibility index (Phi) is 5.93. The van der Waals surface area contributed by atoms with Crippen LogP contribution in [0.5, 0.6) is 0 Å². The maximum Gasteiger partial charge on any atom is 0.271 e. The first-order valence-corrected chi connectivity index (χ1v) is 9.08. The Morgan fingerprint density at radius 2 is 1.93 bits per heavy atom. The molecule has 1 fully saturated rings. The second kappa shape index (κ2) is 8.37. The highest BCUT2D eigenvalue weighted by Crippen LogP contribution is 2.22. The van der Waals surface area contributed by atoms with Crippen LogP contribution in [0, 0.1) is 17.0 Å². The van der Waals surface area contributed by atoms with Crippen LogP contribution < -0.4 is 10.2 Å². The predicted molar refractivity (Wildman–Crippen MR) is 107 cm³/mol. The molecule has 2 aromatic carbocycles. The van der Waals surface area contributed by atoms with E-state index in [9.17, 15) is 14.9 Å². The number of piperazine rings is 1. The van der Waals surface area contributed by atoms with Gasteiger partial charge in [0.2, 0.25) is 5.91 Å². The van der Waals surface area contributed by atoms with Gasteiger partial charge in [0.1, 0.15) is 0 Å². The monoisotopic (exact) mass is 388 g/mol. The van der Waals surface area contributed by atoms with Crippen molar-refractivity contribution in [1.82, 2.24) is 4.90 Å². The average molecular weight is 389 g/mol. The summed E-state index contributed by atoms with van der Waals surface area (Å²) in [6.45, 7) is 5.20. The lowest BCUT2D eigenvalue weighted by Gasteiger charge is -2.35. The smallest absolute Gasteiger partial charge is 0.271 e. The number of rotatable bonds is 5. The molecule has 0 atom stereocenters. The molecule has 1 saturated heterocycles. The molecule has 2 aromatic rings. The topological polar surface area (TPSA) is 78.7 Å². The van der Waals surface area contributed by atoms with Gasteiger partial charge in [-0.1, -0.05) is 23.7 Å². The molecule has 0 radical (unpaired) electrons. The summed E-state index contributed by atoms with van der Waals surface area (Å²) in [7, 11) is 0. The standard InChI is InChI=1S/C19H21ClN4O3/c1-14-5-6-17(24(26)27)12-18(14)21-19(25)13-22-7-9-23(10-8-22)16-4-2-3-15(20)11-16/h2-6,11-12H,7-10,13H2,1H3,(H,21,25). The Bertz CT molecular complexity index is 851. The van der Waals surface area contributed by atoms with E-state index in [0.717, 1.165) is 37.4 Å². The van der Waals surface area contributed by atoms with Crippen LogP contribution in [0.1, 0.15) is 5.56 Å². The Morgan fingerprint density at radius 1 is 1.19 bits per heavy atom. The zero-order valence-electron chi connectivity index (χ0n) is 15.0. The van der Waals surface area contributed by atoms with E-state index in [-0.39, 0.29) is 18.1 Å². The van der Waals surface area contributed by atoms with E-state index in [2.05, 4.69) is 15.1 Å². The summed E-state index contributed by atoms with van der Waals surface area (Å²) in [5, 5.41) is 14.4. The van der Waals surface area contributed by atoms with Crippen molar-refractivity contribution in [3.05, 3.63) is 63.2 Å². The zero-order chi connectivity index (χ0) is 19.4. The van der Waals surface area contributed by atoms with Crippen molar-refractivity contribution in [3.8, 4) is 0 Å². The van der Waals surface area contributed by atoms with Crippen LogP contribution in [-0.4, -0.2) is 48.5 Å². The van der Waals surface area contributed by atoms with Gasteiger partial charge in [-0.3, -0.25) is 19.8 Å². The van der Waals surface area contributed by atoms with Crippen LogP contribution in [-0.2, 0) is 4.79 Å². The second-order valence-electron chi connectivity index (χ2n) is 6.55. The van der Waals surface area contributed by atoms with Crippen LogP contribution in [0.2, 0.25) is 5.02 Å². The largest absolute Gasteiger partial charge is 0.369 e. The number of benzene rings is 2. The van der Waals surface area contributed by atoms with Gasteiger partial charge in [0.05, 0.1) is 17.2 Å². The lowest BCUT2D eigenvalue weighted by atomic mass is 10.2. The summed E-state index contributed by atoms with van der Waals surface area (Å²) in [4.78, 5) is 27.1. The van der Waals surface area contributed by atoms with Gasteiger partial charge in [-0.15, -0.1) is 0 Å². The molecule has 0 spiro atoms. The summed E-state index contributed by atoms with van der Waals surface area (Å²) < 4.78 is 0. The van der Waals surface area contributed by atoms with Crippen LogP contribution >= 0.6 is 11.6 Å². The van der Waals surface area contributed by atoms with E-state index >= 15 is 0 Å². The van der Waals surface area contributed by atoms with Crippen molar-refractivity contribution < 1.29 is 9.72 Å². The number of hydrogen-bond donors (Lipinski definition) is 1. The summed E-state index contributed by atoms with van der Waals surface area (Å²) in [6, 6.07) is 12.2. The molecule has 0 aromatic heterocycles. The van der Waals surface area contributed by atoms with Crippen molar-refractivity contribution >= 4 is 34.6 Å². The van der Waals surface area contributed by atoms with E-state index in [1.54, 1.807) is 6.07 Å². The average Bonchev–Trinajstić information content (AvgIpc) is 2.64. The number of nitro groups is 1. The SMILES string of the molecule is Cc1ccc([N+](=O)[O-])cc1NC(=O)CN1CCN(c2cccc(Cl)c2)CC1. The lowest BCUT2D eigenvalue weighted by Crippen LogP contribution is -2.48. The Labute approximate surface area is 162 Å². The third kappa shape index (κ3) is 4.96. The number of nitrogens with zero attached hydrogens (tertiary/aromatic N) is 3. The van der Waals surface area contributed by atoms with Gasteiger partial charge in [0.15, 0.2) is 0 Å². The van der Waals surface area contributed by atoms with Gasteiger partial charge in [0.25, 0.3) is 5.69 Å². The number of nitro benzene ring substituents is 1. The van der Waals surface area contributed by atoms with E-state index in [0.29, 0.717) is 10.7 Å². The first-order chi connectivity index (χ1) is 12.9. The van der Waals surface area contributed by atoms with Crippen LogP contribution in [0.15, 0.2) is 42.5 Å². The van der Waals surface area contributed by atoms with E-state index in [1.807, 2.05) is 31.2 Å². The molecule has 8 heteroatoms. The summed E-state index contributed by atoms with van der Waals surface area (Å²) >= 11 is 6.05. The molecule has 1 aliphatic heterocycles. The molecule has 0 bridgehead atoms. The molecule has 0 unspecified atom stereocenters. The normalized spacial score (nSPS) is 14.8. The fourth-order valence-electron chi connectivity index (χ4n) is 3.09. The molecular formula is C19H21ClN4O3. The highest BCUT2D eigenvalue weighted by atomic mass is 35.5. The van der Waals surface area contributed by atoms with Gasteiger partial charge in [0, 0.05) is 49.0 Å². The number of anilines is 2. The minimum absolute atomic E-state index is 0.0361. The zero-order valence-corrected chi connectivity index (χ0v) is 15.8. The molecule has 1 aliphatic rings. The fraction of sp³-hybridized carbons (Fsp3) is 0.316. The fourth-order valence-corrected chi connectivity index (χ4v) is 3.27. The Hall–Kier alpha value is -2.64. The van der Waals surface area contributed by atoms with Crippen LogP contribution in [0.3, 0.4) is 0 Å². The first kappa shape index (κ1) is 19.1. The molecule has 3 rings (SSSR count). The molecule has 27 heavy (non-hydrogen) atoms. The van der Waals surface area contributed by atoms with E-state index in [4.69, 9.17) is 11.6 Å². The maximum absolute atomic E-state index is 12.4. The highest BCUT2D eigenvalue weighted by molar-refractivity contribution is 6.30. The Balaban J connectivity index is 1.54. The number of aryl methyl sites for hydroxylation is 1. The summed E-state index contributed by atoms with van der Waals surface area (Å²) in [6.07, 6.45) is 0. The number of carbonyl (C=O) groups is 1. The van der Waals surface area contributed by atoms with Gasteiger partial charge < -0.3 is 10.2 Å². The summed E-state index contributed by atoms with van der Waals surface area (Å²) in [5.74, 6) is -0.171. The first-order valence-electron chi connectivity index (χ1n) is 8.70. The van der Waals surface area contributed by atoms with Crippen molar-refractivity contribution in [2.75, 3.05) is 42.9 Å². The van der Waals surface area contributed by atoms with Crippen LogP contribution in [0.25, 0.3) is 0 Å². The highest BCUT2D eigenvalue weighted by Gasteiger charge is 2.20. The minimum Gasteiger partial charge on any atom is -0.369 e. The van der Waals surface area contributed by atoms with Gasteiger partial charge in [-0.2, -0.15) is 0 Å². The number of carbonyl (C=O) groups excluding carboxylic acids is 1. The number of halogens is 1. The van der Waals surface area contributed by atoms with Crippen molar-refractivity contribution in [3.63, 3.8) is 0 Å². The van der Waals surface area contributed by atoms with E-state index in [1.165, 1.54) is 12.1 Å². The quantitative estimate of drug-likeness (QED) is 0.628. The van der Waals surface area contributed by atoms with Crippen LogP contribution in [0.4, 0.5) is 17.1 Å².